The monoisotopic (exact) mass is 302 g/mol. The molecule has 0 aromatic heterocycles. The molecule has 0 unspecified atom stereocenters. The Balaban J connectivity index is 2.26. The molecule has 1 aliphatic rings. The van der Waals surface area contributed by atoms with Crippen LogP contribution in [0.2, 0.25) is 5.02 Å². The zero-order valence-corrected chi connectivity index (χ0v) is 12.5. The summed E-state index contributed by atoms with van der Waals surface area (Å²) in [6, 6.07) is 4.56. The van der Waals surface area contributed by atoms with Gasteiger partial charge < -0.3 is 5.73 Å². The first kappa shape index (κ1) is 14.6. The van der Waals surface area contributed by atoms with Crippen LogP contribution >= 0.6 is 11.6 Å². The topological polar surface area (TPSA) is 63.4 Å². The summed E-state index contributed by atoms with van der Waals surface area (Å²) < 4.78 is 26.6. The standard InChI is InChI=1S/C13H19ClN2O2S/c1-2-10-5-7-16(8-6-10)19(17,18)13-9-11(14)3-4-12(13)15/h3-4,9-10H,2,5-8,15H2,1H3. The Kier molecular flexibility index (Phi) is 4.38. The van der Waals surface area contributed by atoms with Crippen molar-refractivity contribution in [1.82, 2.24) is 4.31 Å². The van der Waals surface area contributed by atoms with Gasteiger partial charge in [-0.25, -0.2) is 8.42 Å². The third-order valence-corrected chi connectivity index (χ3v) is 5.93. The third-order valence-electron chi connectivity index (χ3n) is 3.74. The van der Waals surface area contributed by atoms with Crippen LogP contribution in [-0.4, -0.2) is 25.8 Å². The molecule has 1 fully saturated rings. The normalized spacial score (nSPS) is 18.6. The molecule has 0 spiro atoms. The molecule has 0 aliphatic carbocycles. The number of anilines is 1. The molecule has 2 rings (SSSR count). The molecule has 106 valence electrons. The van der Waals surface area contributed by atoms with Crippen LogP contribution in [0.3, 0.4) is 0 Å². The average molecular weight is 303 g/mol. The van der Waals surface area contributed by atoms with Gasteiger partial charge in [0.15, 0.2) is 0 Å². The highest BCUT2D eigenvalue weighted by Crippen LogP contribution is 2.29. The Morgan fingerprint density at radius 2 is 2.00 bits per heavy atom. The van der Waals surface area contributed by atoms with Gasteiger partial charge in [0, 0.05) is 18.1 Å². The zero-order valence-electron chi connectivity index (χ0n) is 11.0. The fraction of sp³-hybridized carbons (Fsp3) is 0.538. The second-order valence-corrected chi connectivity index (χ2v) is 7.28. The quantitative estimate of drug-likeness (QED) is 0.873. The van der Waals surface area contributed by atoms with Gasteiger partial charge in [-0.15, -0.1) is 0 Å². The van der Waals surface area contributed by atoms with E-state index >= 15 is 0 Å². The molecule has 1 saturated heterocycles. The van der Waals surface area contributed by atoms with Gasteiger partial charge in [0.1, 0.15) is 4.90 Å². The summed E-state index contributed by atoms with van der Waals surface area (Å²) in [7, 11) is -3.52. The van der Waals surface area contributed by atoms with Crippen LogP contribution < -0.4 is 5.73 Å². The van der Waals surface area contributed by atoms with E-state index < -0.39 is 10.0 Å². The summed E-state index contributed by atoms with van der Waals surface area (Å²) in [6.07, 6.45) is 2.93. The number of rotatable bonds is 3. The minimum atomic E-state index is -3.52. The number of nitrogens with zero attached hydrogens (tertiary/aromatic N) is 1. The van der Waals surface area contributed by atoms with Gasteiger partial charge in [0.05, 0.1) is 5.69 Å². The van der Waals surface area contributed by atoms with E-state index in [1.165, 1.54) is 16.4 Å². The van der Waals surface area contributed by atoms with Crippen LogP contribution in [0.25, 0.3) is 0 Å². The van der Waals surface area contributed by atoms with Gasteiger partial charge in [-0.1, -0.05) is 24.9 Å². The lowest BCUT2D eigenvalue weighted by Gasteiger charge is -2.31. The molecule has 1 aromatic carbocycles. The van der Waals surface area contributed by atoms with Crippen molar-refractivity contribution in [2.24, 2.45) is 5.92 Å². The molecule has 1 aliphatic heterocycles. The van der Waals surface area contributed by atoms with E-state index in [-0.39, 0.29) is 10.6 Å². The minimum absolute atomic E-state index is 0.120. The maximum atomic E-state index is 12.5. The minimum Gasteiger partial charge on any atom is -0.398 e. The van der Waals surface area contributed by atoms with Crippen LogP contribution in [0.1, 0.15) is 26.2 Å². The van der Waals surface area contributed by atoms with Crippen molar-refractivity contribution >= 4 is 27.3 Å². The molecule has 0 radical (unpaired) electrons. The van der Waals surface area contributed by atoms with Crippen molar-refractivity contribution in [2.75, 3.05) is 18.8 Å². The van der Waals surface area contributed by atoms with E-state index in [1.807, 2.05) is 0 Å². The average Bonchev–Trinajstić information content (AvgIpc) is 2.41. The summed E-state index contributed by atoms with van der Waals surface area (Å²) in [5, 5.41) is 0.385. The Morgan fingerprint density at radius 1 is 1.37 bits per heavy atom. The van der Waals surface area contributed by atoms with E-state index in [4.69, 9.17) is 17.3 Å². The molecule has 0 bridgehead atoms. The number of benzene rings is 1. The molecule has 0 saturated carbocycles. The first-order valence-corrected chi connectivity index (χ1v) is 8.32. The number of nitrogen functional groups attached to an aromatic ring is 1. The van der Waals surface area contributed by atoms with Crippen molar-refractivity contribution in [1.29, 1.82) is 0 Å². The van der Waals surface area contributed by atoms with Gasteiger partial charge >= 0.3 is 0 Å². The summed E-state index contributed by atoms with van der Waals surface area (Å²) in [5.74, 6) is 0.628. The highest BCUT2D eigenvalue weighted by atomic mass is 35.5. The highest BCUT2D eigenvalue weighted by Gasteiger charge is 2.30. The van der Waals surface area contributed by atoms with Gasteiger partial charge in [-0.3, -0.25) is 0 Å². The lowest BCUT2D eigenvalue weighted by molar-refractivity contribution is 0.269. The molecule has 0 amide bonds. The number of sulfonamides is 1. The van der Waals surface area contributed by atoms with Crippen LogP contribution in [0.4, 0.5) is 5.69 Å². The molecule has 1 heterocycles. The third kappa shape index (κ3) is 3.04. The molecular formula is C13H19ClN2O2S. The fourth-order valence-electron chi connectivity index (χ4n) is 2.43. The molecule has 0 atom stereocenters. The molecule has 19 heavy (non-hydrogen) atoms. The predicted octanol–water partition coefficient (Wildman–Crippen LogP) is 2.73. The number of hydrogen-bond acceptors (Lipinski definition) is 3. The molecular weight excluding hydrogens is 284 g/mol. The second-order valence-electron chi connectivity index (χ2n) is 4.94. The second kappa shape index (κ2) is 5.69. The first-order chi connectivity index (χ1) is 8.95. The number of hydrogen-bond donors (Lipinski definition) is 1. The van der Waals surface area contributed by atoms with Gasteiger partial charge in [-0.2, -0.15) is 4.31 Å². The largest absolute Gasteiger partial charge is 0.398 e. The maximum Gasteiger partial charge on any atom is 0.245 e. The molecule has 4 nitrogen and oxygen atoms in total. The Hall–Kier alpha value is -0.780. The molecule has 2 N–H and O–H groups in total. The molecule has 1 aromatic rings. The molecule has 6 heteroatoms. The number of halogens is 1. The lowest BCUT2D eigenvalue weighted by atomic mass is 9.96. The summed E-state index contributed by atoms with van der Waals surface area (Å²) in [6.45, 7) is 3.27. The van der Waals surface area contributed by atoms with Crippen LogP contribution in [0, 0.1) is 5.92 Å². The van der Waals surface area contributed by atoms with Gasteiger partial charge in [0.25, 0.3) is 0 Å². The Morgan fingerprint density at radius 3 is 2.58 bits per heavy atom. The van der Waals surface area contributed by atoms with E-state index in [0.717, 1.165) is 19.3 Å². The summed E-state index contributed by atoms with van der Waals surface area (Å²) >= 11 is 5.87. The van der Waals surface area contributed by atoms with Crippen molar-refractivity contribution in [2.45, 2.75) is 31.1 Å². The van der Waals surface area contributed by atoms with Crippen molar-refractivity contribution < 1.29 is 8.42 Å². The van der Waals surface area contributed by atoms with Crippen molar-refractivity contribution in [3.05, 3.63) is 23.2 Å². The van der Waals surface area contributed by atoms with Gasteiger partial charge in [0.2, 0.25) is 10.0 Å². The van der Waals surface area contributed by atoms with Crippen LogP contribution in [0.15, 0.2) is 23.1 Å². The smallest absolute Gasteiger partial charge is 0.245 e. The van der Waals surface area contributed by atoms with E-state index in [9.17, 15) is 8.42 Å². The maximum absolute atomic E-state index is 12.5. The summed E-state index contributed by atoms with van der Waals surface area (Å²) in [5.41, 5.74) is 6.02. The van der Waals surface area contributed by atoms with Crippen LogP contribution in [0.5, 0.6) is 0 Å². The highest BCUT2D eigenvalue weighted by molar-refractivity contribution is 7.89. The number of nitrogens with two attached hydrogens (primary N) is 1. The van der Waals surface area contributed by atoms with E-state index in [2.05, 4.69) is 6.92 Å². The zero-order chi connectivity index (χ0) is 14.0. The number of piperidine rings is 1. The van der Waals surface area contributed by atoms with Crippen molar-refractivity contribution in [3.63, 3.8) is 0 Å². The SMILES string of the molecule is CCC1CCN(S(=O)(=O)c2cc(Cl)ccc2N)CC1. The summed E-state index contributed by atoms with van der Waals surface area (Å²) in [4.78, 5) is 0.120. The van der Waals surface area contributed by atoms with E-state index in [0.29, 0.717) is 24.0 Å². The lowest BCUT2D eigenvalue weighted by Crippen LogP contribution is -2.38. The Labute approximate surface area is 119 Å². The fourth-order valence-corrected chi connectivity index (χ4v) is 4.28. The first-order valence-electron chi connectivity index (χ1n) is 6.50. The van der Waals surface area contributed by atoms with Gasteiger partial charge in [-0.05, 0) is 37.0 Å². The Bertz CT molecular complexity index is 552. The predicted molar refractivity (Wildman–Crippen MR) is 77.6 cm³/mol. The van der Waals surface area contributed by atoms with Crippen LogP contribution in [-0.2, 0) is 10.0 Å². The van der Waals surface area contributed by atoms with E-state index in [1.54, 1.807) is 6.07 Å². The van der Waals surface area contributed by atoms with Crippen molar-refractivity contribution in [3.8, 4) is 0 Å².